The molecule has 0 saturated carbocycles. The monoisotopic (exact) mass is 307 g/mol. The van der Waals surface area contributed by atoms with E-state index in [4.69, 9.17) is 5.73 Å². The molecule has 16 heavy (non-hydrogen) atoms. The van der Waals surface area contributed by atoms with Crippen LogP contribution in [-0.4, -0.2) is 26.0 Å². The van der Waals surface area contributed by atoms with Crippen molar-refractivity contribution in [3.05, 3.63) is 22.9 Å². The number of nitrogens with one attached hydrogen (secondary N) is 1. The Hall–Kier alpha value is -0.500. The van der Waals surface area contributed by atoms with Crippen LogP contribution in [0.3, 0.4) is 0 Å². The third-order valence-corrected chi connectivity index (χ3v) is 4.01. The van der Waals surface area contributed by atoms with Gasteiger partial charge in [0.25, 0.3) is 0 Å². The fourth-order valence-electron chi connectivity index (χ4n) is 1.12. The lowest BCUT2D eigenvalue weighted by Gasteiger charge is -2.14. The minimum atomic E-state index is -3.53. The Morgan fingerprint density at radius 1 is 1.56 bits per heavy atom. The summed E-state index contributed by atoms with van der Waals surface area (Å²) in [4.78, 5) is 3.95. The molecule has 7 heteroatoms. The third kappa shape index (κ3) is 3.51. The van der Waals surface area contributed by atoms with E-state index < -0.39 is 10.0 Å². The molecule has 1 atom stereocenters. The molecule has 1 unspecified atom stereocenters. The minimum Gasteiger partial charge on any atom is -0.329 e. The Morgan fingerprint density at radius 2 is 2.25 bits per heavy atom. The van der Waals surface area contributed by atoms with Crippen LogP contribution in [0.2, 0.25) is 0 Å². The van der Waals surface area contributed by atoms with E-state index in [1.165, 1.54) is 18.5 Å². The van der Waals surface area contributed by atoms with Gasteiger partial charge in [0.1, 0.15) is 4.90 Å². The van der Waals surface area contributed by atoms with Gasteiger partial charge in [0.2, 0.25) is 10.0 Å². The molecular weight excluding hydrogens is 294 g/mol. The van der Waals surface area contributed by atoms with Gasteiger partial charge in [-0.25, -0.2) is 13.1 Å². The normalized spacial score (nSPS) is 13.7. The first-order valence-corrected chi connectivity index (χ1v) is 7.10. The van der Waals surface area contributed by atoms with E-state index in [0.717, 1.165) is 0 Å². The first-order chi connectivity index (χ1) is 7.49. The van der Waals surface area contributed by atoms with Crippen molar-refractivity contribution < 1.29 is 8.42 Å². The second kappa shape index (κ2) is 5.72. The van der Waals surface area contributed by atoms with E-state index in [1.807, 2.05) is 6.92 Å². The maximum absolute atomic E-state index is 11.9. The van der Waals surface area contributed by atoms with Crippen molar-refractivity contribution in [1.29, 1.82) is 0 Å². The Balaban J connectivity index is 2.94. The Labute approximate surface area is 104 Å². The maximum Gasteiger partial charge on any atom is 0.242 e. The number of sulfonamides is 1. The second-order valence-corrected chi connectivity index (χ2v) is 5.93. The predicted octanol–water partition coefficient (Wildman–Crippen LogP) is 0.860. The highest BCUT2D eigenvalue weighted by atomic mass is 79.9. The molecule has 1 heterocycles. The van der Waals surface area contributed by atoms with Crippen molar-refractivity contribution in [3.63, 3.8) is 0 Å². The Bertz CT molecular complexity index is 446. The van der Waals surface area contributed by atoms with E-state index >= 15 is 0 Å². The second-order valence-electron chi connectivity index (χ2n) is 3.30. The van der Waals surface area contributed by atoms with Crippen molar-refractivity contribution in [2.45, 2.75) is 24.3 Å². The fraction of sp³-hybridized carbons (Fsp3) is 0.444. The van der Waals surface area contributed by atoms with Crippen LogP contribution in [0.15, 0.2) is 27.8 Å². The molecule has 1 rings (SSSR count). The summed E-state index contributed by atoms with van der Waals surface area (Å²) in [6.45, 7) is 2.15. The van der Waals surface area contributed by atoms with Gasteiger partial charge in [0, 0.05) is 29.5 Å². The molecule has 0 spiro atoms. The summed E-state index contributed by atoms with van der Waals surface area (Å²) in [5.74, 6) is 0. The van der Waals surface area contributed by atoms with Gasteiger partial charge in [-0.1, -0.05) is 6.92 Å². The minimum absolute atomic E-state index is 0.133. The van der Waals surface area contributed by atoms with Crippen molar-refractivity contribution in [1.82, 2.24) is 9.71 Å². The lowest BCUT2D eigenvalue weighted by molar-refractivity contribution is 0.542. The topological polar surface area (TPSA) is 85.1 Å². The van der Waals surface area contributed by atoms with Gasteiger partial charge in [-0.3, -0.25) is 4.98 Å². The van der Waals surface area contributed by atoms with Gasteiger partial charge in [-0.15, -0.1) is 0 Å². The zero-order valence-corrected chi connectivity index (χ0v) is 11.3. The van der Waals surface area contributed by atoms with Gasteiger partial charge in [0.15, 0.2) is 0 Å². The highest BCUT2D eigenvalue weighted by Crippen LogP contribution is 2.14. The molecule has 0 aliphatic rings. The molecule has 0 aromatic carbocycles. The molecule has 0 bridgehead atoms. The lowest BCUT2D eigenvalue weighted by Crippen LogP contribution is -2.39. The molecule has 1 aromatic rings. The molecule has 0 amide bonds. The molecule has 0 saturated heterocycles. The summed E-state index contributed by atoms with van der Waals surface area (Å²) in [5.41, 5.74) is 5.45. The SMILES string of the molecule is CCC(CN)NS(=O)(=O)c1cncc(Br)c1. The van der Waals surface area contributed by atoms with Crippen LogP contribution in [0.5, 0.6) is 0 Å². The number of hydrogen-bond donors (Lipinski definition) is 2. The highest BCUT2D eigenvalue weighted by molar-refractivity contribution is 9.10. The van der Waals surface area contributed by atoms with Crippen molar-refractivity contribution in [3.8, 4) is 0 Å². The van der Waals surface area contributed by atoms with Gasteiger partial charge < -0.3 is 5.73 Å². The number of hydrogen-bond acceptors (Lipinski definition) is 4. The summed E-state index contributed by atoms with van der Waals surface area (Å²) < 4.78 is 26.9. The molecule has 3 N–H and O–H groups in total. The number of pyridine rings is 1. The summed E-state index contributed by atoms with van der Waals surface area (Å²) in [6.07, 6.45) is 3.48. The van der Waals surface area contributed by atoms with Crippen LogP contribution >= 0.6 is 15.9 Å². The molecule has 0 aliphatic carbocycles. The number of rotatable bonds is 5. The number of aromatic nitrogens is 1. The smallest absolute Gasteiger partial charge is 0.242 e. The summed E-state index contributed by atoms with van der Waals surface area (Å²) in [7, 11) is -3.53. The maximum atomic E-state index is 11.9. The third-order valence-electron chi connectivity index (χ3n) is 2.09. The lowest BCUT2D eigenvalue weighted by atomic mass is 10.2. The van der Waals surface area contributed by atoms with Gasteiger partial charge in [-0.05, 0) is 28.4 Å². The number of nitrogens with zero attached hydrogens (tertiary/aromatic N) is 1. The van der Waals surface area contributed by atoms with Crippen LogP contribution < -0.4 is 10.5 Å². The first-order valence-electron chi connectivity index (χ1n) is 4.82. The molecule has 0 fully saturated rings. The molecule has 90 valence electrons. The van der Waals surface area contributed by atoms with Crippen LogP contribution in [0, 0.1) is 0 Å². The first kappa shape index (κ1) is 13.6. The Morgan fingerprint density at radius 3 is 2.75 bits per heavy atom. The van der Waals surface area contributed by atoms with Gasteiger partial charge in [0.05, 0.1) is 0 Å². The summed E-state index contributed by atoms with van der Waals surface area (Å²) in [6, 6.07) is 1.25. The standard InChI is InChI=1S/C9H14BrN3O2S/c1-2-8(4-11)13-16(14,15)9-3-7(10)5-12-6-9/h3,5-6,8,13H,2,4,11H2,1H3. The van der Waals surface area contributed by atoms with E-state index in [2.05, 4.69) is 25.6 Å². The quantitative estimate of drug-likeness (QED) is 0.845. The fourth-order valence-corrected chi connectivity index (χ4v) is 2.96. The zero-order chi connectivity index (χ0) is 12.2. The van der Waals surface area contributed by atoms with Crippen LogP contribution in [0.1, 0.15) is 13.3 Å². The average Bonchev–Trinajstić information content (AvgIpc) is 2.26. The Kier molecular flexibility index (Phi) is 4.85. The molecule has 0 aliphatic heterocycles. The van der Waals surface area contributed by atoms with E-state index in [-0.39, 0.29) is 17.5 Å². The van der Waals surface area contributed by atoms with Gasteiger partial charge in [-0.2, -0.15) is 0 Å². The summed E-state index contributed by atoms with van der Waals surface area (Å²) in [5, 5.41) is 0. The predicted molar refractivity (Wildman–Crippen MR) is 65.4 cm³/mol. The van der Waals surface area contributed by atoms with Crippen molar-refractivity contribution >= 4 is 26.0 Å². The van der Waals surface area contributed by atoms with Crippen molar-refractivity contribution in [2.75, 3.05) is 6.54 Å². The van der Waals surface area contributed by atoms with E-state index in [0.29, 0.717) is 10.9 Å². The number of halogens is 1. The zero-order valence-electron chi connectivity index (χ0n) is 8.85. The highest BCUT2D eigenvalue weighted by Gasteiger charge is 2.18. The van der Waals surface area contributed by atoms with Crippen LogP contribution in [-0.2, 0) is 10.0 Å². The van der Waals surface area contributed by atoms with E-state index in [1.54, 1.807) is 0 Å². The number of nitrogens with two attached hydrogens (primary N) is 1. The summed E-state index contributed by atoms with van der Waals surface area (Å²) >= 11 is 3.18. The van der Waals surface area contributed by atoms with E-state index in [9.17, 15) is 8.42 Å². The molecule has 5 nitrogen and oxygen atoms in total. The molecular formula is C9H14BrN3O2S. The van der Waals surface area contributed by atoms with Crippen LogP contribution in [0.25, 0.3) is 0 Å². The molecule has 1 aromatic heterocycles. The van der Waals surface area contributed by atoms with Crippen LogP contribution in [0.4, 0.5) is 0 Å². The molecule has 0 radical (unpaired) electrons. The van der Waals surface area contributed by atoms with Crippen molar-refractivity contribution in [2.24, 2.45) is 5.73 Å². The average molecular weight is 308 g/mol. The largest absolute Gasteiger partial charge is 0.329 e. The van der Waals surface area contributed by atoms with Gasteiger partial charge >= 0.3 is 0 Å².